The largest absolute Gasteiger partial charge is 0.463 e. The number of nitrogens with zero attached hydrogens (tertiary/aromatic N) is 2. The van der Waals surface area contributed by atoms with Gasteiger partial charge in [-0.3, -0.25) is 9.59 Å². The zero-order chi connectivity index (χ0) is 19.4. The van der Waals surface area contributed by atoms with E-state index in [1.807, 2.05) is 0 Å². The molecule has 0 saturated heterocycles. The molecule has 0 radical (unpaired) electrons. The Morgan fingerprint density at radius 1 is 1.15 bits per heavy atom. The second-order valence-electron chi connectivity index (χ2n) is 5.74. The second kappa shape index (κ2) is 7.68. The van der Waals surface area contributed by atoms with Gasteiger partial charge in [0.15, 0.2) is 11.5 Å². The number of ketones is 1. The molecular weight excluding hydrogens is 370 g/mol. The number of hydrogen-bond acceptors (Lipinski definition) is 6. The fraction of sp³-hybridized carbons (Fsp3) is 0.167. The lowest BCUT2D eigenvalue weighted by molar-refractivity contribution is 0.101. The molecule has 2 aromatic heterocycles. The lowest BCUT2D eigenvalue weighted by Crippen LogP contribution is -2.32. The Kier molecular flexibility index (Phi) is 5.33. The second-order valence-corrected chi connectivity index (χ2v) is 7.50. The Bertz CT molecular complexity index is 1100. The van der Waals surface area contributed by atoms with Crippen molar-refractivity contribution in [3.05, 3.63) is 70.7 Å². The third-order valence-corrected chi connectivity index (χ3v) is 5.30. The Balaban J connectivity index is 1.69. The number of furan rings is 1. The molecule has 0 aliphatic rings. The van der Waals surface area contributed by atoms with E-state index in [1.165, 1.54) is 48.2 Å². The van der Waals surface area contributed by atoms with Crippen molar-refractivity contribution in [2.75, 3.05) is 6.54 Å². The summed E-state index contributed by atoms with van der Waals surface area (Å²) in [4.78, 5) is 23.2. The molecule has 0 atom stereocenters. The van der Waals surface area contributed by atoms with E-state index in [-0.39, 0.29) is 29.3 Å². The molecule has 1 N–H and O–H groups in total. The summed E-state index contributed by atoms with van der Waals surface area (Å²) in [5.41, 5.74) is 0.553. The van der Waals surface area contributed by atoms with Crippen LogP contribution in [-0.2, 0) is 16.6 Å². The summed E-state index contributed by atoms with van der Waals surface area (Å²) in [6.45, 7) is 1.44. The number of benzene rings is 1. The first-order valence-electron chi connectivity index (χ1n) is 8.09. The number of nitrogens with one attached hydrogen (secondary N) is 1. The number of aromatic nitrogens is 2. The zero-order valence-corrected chi connectivity index (χ0v) is 15.3. The highest BCUT2D eigenvalue weighted by Crippen LogP contribution is 2.15. The topological polar surface area (TPSA) is 111 Å². The van der Waals surface area contributed by atoms with Crippen molar-refractivity contribution >= 4 is 15.8 Å². The van der Waals surface area contributed by atoms with Gasteiger partial charge in [0.2, 0.25) is 10.0 Å². The van der Waals surface area contributed by atoms with Crippen LogP contribution in [0.2, 0.25) is 0 Å². The van der Waals surface area contributed by atoms with Crippen LogP contribution in [0.5, 0.6) is 0 Å². The monoisotopic (exact) mass is 387 g/mol. The summed E-state index contributed by atoms with van der Waals surface area (Å²) in [7, 11) is -3.76. The number of Topliss-reactive ketones (excluding diaryl/α,β-unsaturated/α-hetero) is 1. The average Bonchev–Trinajstić information content (AvgIpc) is 3.18. The van der Waals surface area contributed by atoms with Crippen molar-refractivity contribution in [3.8, 4) is 11.5 Å². The Morgan fingerprint density at radius 2 is 1.89 bits per heavy atom. The zero-order valence-electron chi connectivity index (χ0n) is 14.5. The standard InChI is InChI=1S/C18H17N3O5S/c1-13(22)14-4-6-15(7-5-14)27(24,25)19-10-11-21-18(23)9-8-16(20-21)17-3-2-12-26-17/h2-9,12,19H,10-11H2,1H3. The summed E-state index contributed by atoms with van der Waals surface area (Å²) < 4.78 is 33.5. The number of carbonyl (C=O) groups excluding carboxylic acids is 1. The molecule has 3 aromatic rings. The lowest BCUT2D eigenvalue weighted by Gasteiger charge is -2.09. The Hall–Kier alpha value is -3.04. The van der Waals surface area contributed by atoms with E-state index < -0.39 is 10.0 Å². The van der Waals surface area contributed by atoms with E-state index in [2.05, 4.69) is 9.82 Å². The maximum atomic E-state index is 12.3. The van der Waals surface area contributed by atoms with Gasteiger partial charge in [-0.2, -0.15) is 5.10 Å². The SMILES string of the molecule is CC(=O)c1ccc(S(=O)(=O)NCCn2nc(-c3ccco3)ccc2=O)cc1. The van der Waals surface area contributed by atoms with Gasteiger partial charge in [-0.15, -0.1) is 0 Å². The van der Waals surface area contributed by atoms with Gasteiger partial charge < -0.3 is 4.42 Å². The molecule has 9 heteroatoms. The van der Waals surface area contributed by atoms with Gasteiger partial charge in [-0.1, -0.05) is 12.1 Å². The minimum Gasteiger partial charge on any atom is -0.463 e. The molecule has 0 fully saturated rings. The molecular formula is C18H17N3O5S. The highest BCUT2D eigenvalue weighted by Gasteiger charge is 2.14. The van der Waals surface area contributed by atoms with Crippen molar-refractivity contribution in [3.63, 3.8) is 0 Å². The summed E-state index contributed by atoms with van der Waals surface area (Å²) in [5.74, 6) is 0.365. The summed E-state index contributed by atoms with van der Waals surface area (Å²) in [5, 5.41) is 4.18. The number of hydrogen-bond donors (Lipinski definition) is 1. The van der Waals surface area contributed by atoms with Gasteiger partial charge in [0.25, 0.3) is 5.56 Å². The van der Waals surface area contributed by atoms with E-state index in [0.717, 1.165) is 0 Å². The van der Waals surface area contributed by atoms with Crippen LogP contribution in [0.4, 0.5) is 0 Å². The van der Waals surface area contributed by atoms with Crippen LogP contribution in [0.3, 0.4) is 0 Å². The molecule has 2 heterocycles. The fourth-order valence-electron chi connectivity index (χ4n) is 2.40. The molecule has 27 heavy (non-hydrogen) atoms. The number of rotatable bonds is 7. The van der Waals surface area contributed by atoms with Gasteiger partial charge in [0, 0.05) is 18.2 Å². The number of sulfonamides is 1. The summed E-state index contributed by atoms with van der Waals surface area (Å²) in [6.07, 6.45) is 1.50. The van der Waals surface area contributed by atoms with Crippen LogP contribution < -0.4 is 10.3 Å². The van der Waals surface area contributed by atoms with E-state index >= 15 is 0 Å². The molecule has 0 spiro atoms. The molecule has 0 aliphatic carbocycles. The number of carbonyl (C=O) groups is 1. The van der Waals surface area contributed by atoms with Crippen LogP contribution >= 0.6 is 0 Å². The van der Waals surface area contributed by atoms with Gasteiger partial charge in [-0.05, 0) is 37.3 Å². The molecule has 0 unspecified atom stereocenters. The highest BCUT2D eigenvalue weighted by molar-refractivity contribution is 7.89. The van der Waals surface area contributed by atoms with Crippen molar-refractivity contribution in [1.29, 1.82) is 0 Å². The van der Waals surface area contributed by atoms with Crippen LogP contribution in [0, 0.1) is 0 Å². The van der Waals surface area contributed by atoms with E-state index in [1.54, 1.807) is 18.2 Å². The molecule has 140 valence electrons. The van der Waals surface area contributed by atoms with Gasteiger partial charge >= 0.3 is 0 Å². The molecule has 0 aliphatic heterocycles. The third kappa shape index (κ3) is 4.39. The molecule has 0 amide bonds. The van der Waals surface area contributed by atoms with Crippen LogP contribution in [0.1, 0.15) is 17.3 Å². The van der Waals surface area contributed by atoms with Crippen LogP contribution in [0.25, 0.3) is 11.5 Å². The Morgan fingerprint density at radius 3 is 2.52 bits per heavy atom. The minimum absolute atomic E-state index is 0.0225. The first kappa shape index (κ1) is 18.7. The maximum Gasteiger partial charge on any atom is 0.266 e. The first-order valence-corrected chi connectivity index (χ1v) is 9.58. The lowest BCUT2D eigenvalue weighted by atomic mass is 10.2. The third-order valence-electron chi connectivity index (χ3n) is 3.83. The fourth-order valence-corrected chi connectivity index (χ4v) is 3.42. The summed E-state index contributed by atoms with van der Waals surface area (Å²) >= 11 is 0. The van der Waals surface area contributed by atoms with Crippen LogP contribution in [-0.4, -0.2) is 30.5 Å². The predicted molar refractivity (Wildman–Crippen MR) is 97.8 cm³/mol. The molecule has 0 saturated carbocycles. The minimum atomic E-state index is -3.76. The smallest absolute Gasteiger partial charge is 0.266 e. The maximum absolute atomic E-state index is 12.3. The molecule has 1 aromatic carbocycles. The van der Waals surface area contributed by atoms with E-state index in [0.29, 0.717) is 17.0 Å². The normalized spacial score (nSPS) is 11.4. The van der Waals surface area contributed by atoms with Crippen molar-refractivity contribution in [2.24, 2.45) is 0 Å². The quantitative estimate of drug-likeness (QED) is 0.618. The first-order chi connectivity index (χ1) is 12.9. The van der Waals surface area contributed by atoms with Crippen LogP contribution in [0.15, 0.2) is 68.9 Å². The van der Waals surface area contributed by atoms with E-state index in [4.69, 9.17) is 4.42 Å². The van der Waals surface area contributed by atoms with Gasteiger partial charge in [0.05, 0.1) is 17.7 Å². The molecule has 0 bridgehead atoms. The average molecular weight is 387 g/mol. The molecule has 3 rings (SSSR count). The highest BCUT2D eigenvalue weighted by atomic mass is 32.2. The molecule has 8 nitrogen and oxygen atoms in total. The Labute approximate surface area is 155 Å². The van der Waals surface area contributed by atoms with Crippen molar-refractivity contribution in [1.82, 2.24) is 14.5 Å². The predicted octanol–water partition coefficient (Wildman–Crippen LogP) is 1.68. The van der Waals surface area contributed by atoms with Gasteiger partial charge in [-0.25, -0.2) is 17.8 Å². The van der Waals surface area contributed by atoms with Crippen molar-refractivity contribution in [2.45, 2.75) is 18.4 Å². The van der Waals surface area contributed by atoms with Gasteiger partial charge in [0.1, 0.15) is 5.69 Å². The van der Waals surface area contributed by atoms with E-state index in [9.17, 15) is 18.0 Å². The summed E-state index contributed by atoms with van der Waals surface area (Å²) in [6, 6.07) is 11.9. The van der Waals surface area contributed by atoms with Crippen molar-refractivity contribution < 1.29 is 17.6 Å².